The number of anilines is 2. The van der Waals surface area contributed by atoms with Crippen LogP contribution in [0.2, 0.25) is 0 Å². The van der Waals surface area contributed by atoms with E-state index in [-0.39, 0.29) is 5.91 Å². The monoisotopic (exact) mass is 271 g/mol. The number of hydrogen-bond donors (Lipinski definition) is 1. The molecule has 1 aliphatic heterocycles. The minimum atomic E-state index is -0.254. The van der Waals surface area contributed by atoms with Gasteiger partial charge in [0.1, 0.15) is 5.76 Å². The smallest absolute Gasteiger partial charge is 0.277 e. The molecule has 0 spiro atoms. The van der Waals surface area contributed by atoms with Crippen molar-refractivity contribution in [2.24, 2.45) is 0 Å². The largest absolute Gasteiger partial charge is 0.372 e. The second-order valence-corrected chi connectivity index (χ2v) is 5.02. The van der Waals surface area contributed by atoms with Crippen LogP contribution in [0.5, 0.6) is 0 Å². The summed E-state index contributed by atoms with van der Waals surface area (Å²) in [5, 5.41) is 6.51. The summed E-state index contributed by atoms with van der Waals surface area (Å²) in [7, 11) is 0. The van der Waals surface area contributed by atoms with Crippen molar-refractivity contribution in [3.8, 4) is 0 Å². The van der Waals surface area contributed by atoms with E-state index in [1.165, 1.54) is 18.5 Å². The lowest BCUT2D eigenvalue weighted by Crippen LogP contribution is -2.17. The lowest BCUT2D eigenvalue weighted by atomic mass is 10.2. The molecule has 1 amide bonds. The molecule has 0 atom stereocenters. The van der Waals surface area contributed by atoms with Gasteiger partial charge >= 0.3 is 0 Å². The van der Waals surface area contributed by atoms with Gasteiger partial charge < -0.3 is 14.7 Å². The molecule has 0 bridgehead atoms. The van der Waals surface area contributed by atoms with E-state index in [1.54, 1.807) is 13.0 Å². The van der Waals surface area contributed by atoms with Gasteiger partial charge in [0.05, 0.1) is 0 Å². The first-order valence-electron chi connectivity index (χ1n) is 6.82. The molecule has 2 heterocycles. The van der Waals surface area contributed by atoms with Gasteiger partial charge in [-0.05, 0) is 44.0 Å². The molecule has 0 radical (unpaired) electrons. The van der Waals surface area contributed by atoms with Crippen molar-refractivity contribution in [3.63, 3.8) is 0 Å². The molecule has 0 unspecified atom stereocenters. The average Bonchev–Trinajstić information content (AvgIpc) is 3.10. The normalized spacial score (nSPS) is 14.6. The van der Waals surface area contributed by atoms with Crippen LogP contribution in [0.1, 0.15) is 29.1 Å². The van der Waals surface area contributed by atoms with E-state index in [1.807, 2.05) is 24.3 Å². The lowest BCUT2D eigenvalue weighted by molar-refractivity contribution is 0.101. The number of aromatic nitrogens is 1. The summed E-state index contributed by atoms with van der Waals surface area (Å²) in [6, 6.07) is 9.52. The van der Waals surface area contributed by atoms with Gasteiger partial charge in [0.25, 0.3) is 5.91 Å². The molecule has 1 fully saturated rings. The molecule has 1 aromatic carbocycles. The number of nitrogens with one attached hydrogen (secondary N) is 1. The van der Waals surface area contributed by atoms with Crippen LogP contribution in [-0.2, 0) is 0 Å². The average molecular weight is 271 g/mol. The number of carbonyl (C=O) groups excluding carboxylic acids is 1. The zero-order valence-electron chi connectivity index (χ0n) is 11.4. The van der Waals surface area contributed by atoms with Crippen LogP contribution >= 0.6 is 0 Å². The summed E-state index contributed by atoms with van der Waals surface area (Å²) < 4.78 is 4.89. The number of amides is 1. The quantitative estimate of drug-likeness (QED) is 0.932. The maximum absolute atomic E-state index is 11.9. The summed E-state index contributed by atoms with van der Waals surface area (Å²) >= 11 is 0. The van der Waals surface area contributed by atoms with Crippen molar-refractivity contribution in [3.05, 3.63) is 41.8 Å². The highest BCUT2D eigenvalue weighted by atomic mass is 16.5. The Balaban J connectivity index is 1.67. The highest BCUT2D eigenvalue weighted by Crippen LogP contribution is 2.22. The van der Waals surface area contributed by atoms with Gasteiger partial charge in [-0.25, -0.2) is 0 Å². The Bertz CT molecular complexity index is 598. The van der Waals surface area contributed by atoms with Gasteiger partial charge in [-0.3, -0.25) is 4.79 Å². The topological polar surface area (TPSA) is 58.4 Å². The standard InChI is InChI=1S/C15H17N3O2/c1-11-10-14(17-20-11)15(19)16-12-4-6-13(7-5-12)18-8-2-3-9-18/h4-7,10H,2-3,8-9H2,1H3,(H,16,19). The SMILES string of the molecule is Cc1cc(C(=O)Nc2ccc(N3CCCC3)cc2)no1. The van der Waals surface area contributed by atoms with Crippen LogP contribution < -0.4 is 10.2 Å². The second kappa shape index (κ2) is 5.36. The number of carbonyl (C=O) groups is 1. The summed E-state index contributed by atoms with van der Waals surface area (Å²) in [6.45, 7) is 3.99. The fourth-order valence-corrected chi connectivity index (χ4v) is 2.40. The van der Waals surface area contributed by atoms with Crippen LogP contribution in [0.25, 0.3) is 0 Å². The van der Waals surface area contributed by atoms with E-state index in [4.69, 9.17) is 4.52 Å². The summed E-state index contributed by atoms with van der Waals surface area (Å²) in [5.41, 5.74) is 2.27. The highest BCUT2D eigenvalue weighted by molar-refractivity contribution is 6.02. The minimum Gasteiger partial charge on any atom is -0.372 e. The molecular formula is C15H17N3O2. The Morgan fingerprint density at radius 3 is 2.55 bits per heavy atom. The Morgan fingerprint density at radius 1 is 1.25 bits per heavy atom. The molecule has 104 valence electrons. The number of benzene rings is 1. The highest BCUT2D eigenvalue weighted by Gasteiger charge is 2.13. The third-order valence-corrected chi connectivity index (χ3v) is 3.46. The van der Waals surface area contributed by atoms with E-state index in [0.29, 0.717) is 11.5 Å². The summed E-state index contributed by atoms with van der Waals surface area (Å²) in [5.74, 6) is 0.371. The van der Waals surface area contributed by atoms with Crippen LogP contribution in [0, 0.1) is 6.92 Å². The zero-order valence-corrected chi connectivity index (χ0v) is 11.4. The molecule has 1 N–H and O–H groups in total. The van der Waals surface area contributed by atoms with Gasteiger partial charge in [0, 0.05) is 30.5 Å². The van der Waals surface area contributed by atoms with E-state index in [0.717, 1.165) is 18.8 Å². The fraction of sp³-hybridized carbons (Fsp3) is 0.333. The Hall–Kier alpha value is -2.30. The van der Waals surface area contributed by atoms with Crippen LogP contribution in [0.4, 0.5) is 11.4 Å². The Kier molecular flexibility index (Phi) is 3.41. The molecule has 1 saturated heterocycles. The molecule has 20 heavy (non-hydrogen) atoms. The molecule has 2 aromatic rings. The first-order chi connectivity index (χ1) is 9.72. The van der Waals surface area contributed by atoms with E-state index in [2.05, 4.69) is 15.4 Å². The third kappa shape index (κ3) is 2.66. The summed E-state index contributed by atoms with van der Waals surface area (Å²) in [4.78, 5) is 14.3. The molecular weight excluding hydrogens is 254 g/mol. The first kappa shape index (κ1) is 12.7. The molecule has 0 saturated carbocycles. The maximum atomic E-state index is 11.9. The number of rotatable bonds is 3. The Morgan fingerprint density at radius 2 is 1.95 bits per heavy atom. The molecule has 0 aliphatic carbocycles. The van der Waals surface area contributed by atoms with Gasteiger partial charge in [-0.1, -0.05) is 5.16 Å². The minimum absolute atomic E-state index is 0.254. The zero-order chi connectivity index (χ0) is 13.9. The van der Waals surface area contributed by atoms with E-state index < -0.39 is 0 Å². The second-order valence-electron chi connectivity index (χ2n) is 5.02. The fourth-order valence-electron chi connectivity index (χ4n) is 2.40. The van der Waals surface area contributed by atoms with Gasteiger partial charge in [-0.15, -0.1) is 0 Å². The van der Waals surface area contributed by atoms with E-state index in [9.17, 15) is 4.79 Å². The van der Waals surface area contributed by atoms with Crippen LogP contribution in [-0.4, -0.2) is 24.2 Å². The van der Waals surface area contributed by atoms with Crippen molar-refractivity contribution in [1.82, 2.24) is 5.16 Å². The van der Waals surface area contributed by atoms with Gasteiger partial charge in [0.15, 0.2) is 5.69 Å². The van der Waals surface area contributed by atoms with Gasteiger partial charge in [0.2, 0.25) is 0 Å². The first-order valence-corrected chi connectivity index (χ1v) is 6.82. The molecule has 5 heteroatoms. The van der Waals surface area contributed by atoms with Gasteiger partial charge in [-0.2, -0.15) is 0 Å². The van der Waals surface area contributed by atoms with Crippen LogP contribution in [0.3, 0.4) is 0 Å². The molecule has 3 rings (SSSR count). The molecule has 1 aromatic heterocycles. The van der Waals surface area contributed by atoms with Crippen molar-refractivity contribution in [1.29, 1.82) is 0 Å². The third-order valence-electron chi connectivity index (χ3n) is 3.46. The molecule has 5 nitrogen and oxygen atoms in total. The number of nitrogens with zero attached hydrogens (tertiary/aromatic N) is 2. The van der Waals surface area contributed by atoms with Crippen molar-refractivity contribution in [2.75, 3.05) is 23.3 Å². The Labute approximate surface area is 117 Å². The van der Waals surface area contributed by atoms with Crippen LogP contribution in [0.15, 0.2) is 34.9 Å². The number of hydrogen-bond acceptors (Lipinski definition) is 4. The van der Waals surface area contributed by atoms with Crippen molar-refractivity contribution >= 4 is 17.3 Å². The predicted molar refractivity (Wildman–Crippen MR) is 77.1 cm³/mol. The maximum Gasteiger partial charge on any atom is 0.277 e. The van der Waals surface area contributed by atoms with Crippen molar-refractivity contribution in [2.45, 2.75) is 19.8 Å². The van der Waals surface area contributed by atoms with Crippen molar-refractivity contribution < 1.29 is 9.32 Å². The molecule has 1 aliphatic rings. The summed E-state index contributed by atoms with van der Waals surface area (Å²) in [6.07, 6.45) is 2.51. The predicted octanol–water partition coefficient (Wildman–Crippen LogP) is 2.84. The lowest BCUT2D eigenvalue weighted by Gasteiger charge is -2.17. The van der Waals surface area contributed by atoms with E-state index >= 15 is 0 Å². The number of aryl methyl sites for hydroxylation is 1.